The van der Waals surface area contributed by atoms with Gasteiger partial charge in [0.1, 0.15) is 17.6 Å². The van der Waals surface area contributed by atoms with E-state index in [-0.39, 0.29) is 34.8 Å². The zero-order valence-electron chi connectivity index (χ0n) is 14.4. The van der Waals surface area contributed by atoms with Crippen LogP contribution in [0.25, 0.3) is 5.76 Å². The van der Waals surface area contributed by atoms with E-state index in [9.17, 15) is 14.4 Å². The third-order valence-electron chi connectivity index (χ3n) is 4.62. The Bertz CT molecular complexity index is 999. The van der Waals surface area contributed by atoms with Gasteiger partial charge in [0.2, 0.25) is 0 Å². The number of hydrogen-bond donors (Lipinski definition) is 0. The molecular weight excluding hydrogens is 332 g/mol. The van der Waals surface area contributed by atoms with Crippen LogP contribution < -0.4 is 4.74 Å². The first-order chi connectivity index (χ1) is 12.5. The minimum atomic E-state index is -0.273. The van der Waals surface area contributed by atoms with Gasteiger partial charge in [-0.1, -0.05) is 24.3 Å². The lowest BCUT2D eigenvalue weighted by atomic mass is 9.82. The molecule has 5 nitrogen and oxygen atoms in total. The number of ether oxygens (including phenoxy) is 2. The van der Waals surface area contributed by atoms with Crippen LogP contribution in [0.5, 0.6) is 5.75 Å². The molecular formula is C21H16O5. The standard InChI is InChI=1S/C21H16O5/c1-11-9-12(22)10-17(26-11)15-7-8-16-18(21(15)25-2)20(24)14-6-4-3-5-13(14)19(16)23/h3-8,10-11H,9H2,1-2H3. The molecule has 130 valence electrons. The van der Waals surface area contributed by atoms with Gasteiger partial charge in [-0.25, -0.2) is 0 Å². The zero-order chi connectivity index (χ0) is 18.4. The molecule has 0 bridgehead atoms. The molecule has 0 saturated heterocycles. The number of benzene rings is 2. The monoisotopic (exact) mass is 348 g/mol. The van der Waals surface area contributed by atoms with Crippen LogP contribution in [0.2, 0.25) is 0 Å². The third-order valence-corrected chi connectivity index (χ3v) is 4.62. The largest absolute Gasteiger partial charge is 0.495 e. The Hall–Kier alpha value is -3.21. The van der Waals surface area contributed by atoms with Gasteiger partial charge in [0.05, 0.1) is 18.2 Å². The average molecular weight is 348 g/mol. The summed E-state index contributed by atoms with van der Waals surface area (Å²) in [6.07, 6.45) is 1.45. The van der Waals surface area contributed by atoms with Crippen LogP contribution >= 0.6 is 0 Å². The van der Waals surface area contributed by atoms with Crippen molar-refractivity contribution >= 4 is 23.1 Å². The molecule has 1 aliphatic carbocycles. The number of carbonyl (C=O) groups excluding carboxylic acids is 3. The maximum atomic E-state index is 13.0. The lowest BCUT2D eigenvalue weighted by Crippen LogP contribution is -2.23. The Kier molecular flexibility index (Phi) is 3.72. The van der Waals surface area contributed by atoms with Crippen molar-refractivity contribution in [3.8, 4) is 5.75 Å². The zero-order valence-corrected chi connectivity index (χ0v) is 14.4. The summed E-state index contributed by atoms with van der Waals surface area (Å²) in [5.74, 6) is 0.0648. The molecule has 1 unspecified atom stereocenters. The molecule has 2 aromatic rings. The maximum Gasteiger partial charge on any atom is 0.198 e. The van der Waals surface area contributed by atoms with Gasteiger partial charge in [0.15, 0.2) is 17.3 Å². The van der Waals surface area contributed by atoms with Crippen molar-refractivity contribution in [2.75, 3.05) is 7.11 Å². The highest BCUT2D eigenvalue weighted by atomic mass is 16.5. The second-order valence-corrected chi connectivity index (χ2v) is 6.38. The molecule has 5 heteroatoms. The highest BCUT2D eigenvalue weighted by Crippen LogP contribution is 2.39. The number of hydrogen-bond acceptors (Lipinski definition) is 5. The first-order valence-corrected chi connectivity index (χ1v) is 8.32. The summed E-state index contributed by atoms with van der Waals surface area (Å²) < 4.78 is 11.3. The quantitative estimate of drug-likeness (QED) is 0.711. The van der Waals surface area contributed by atoms with Crippen LogP contribution in [0, 0.1) is 0 Å². The Balaban J connectivity index is 1.94. The molecule has 2 aromatic carbocycles. The molecule has 4 rings (SSSR count). The highest BCUT2D eigenvalue weighted by molar-refractivity contribution is 6.29. The van der Waals surface area contributed by atoms with E-state index in [4.69, 9.17) is 9.47 Å². The molecule has 1 heterocycles. The van der Waals surface area contributed by atoms with Gasteiger partial charge in [0.25, 0.3) is 0 Å². The van der Waals surface area contributed by atoms with Crippen LogP contribution in [-0.2, 0) is 9.53 Å². The summed E-state index contributed by atoms with van der Waals surface area (Å²) in [5, 5.41) is 0. The maximum absolute atomic E-state index is 13.0. The van der Waals surface area contributed by atoms with Crippen molar-refractivity contribution in [2.45, 2.75) is 19.4 Å². The van der Waals surface area contributed by atoms with Gasteiger partial charge in [-0.15, -0.1) is 0 Å². The SMILES string of the molecule is COc1c(C2=CC(=O)CC(C)O2)ccc2c1C(=O)c1ccccc1C2=O. The van der Waals surface area contributed by atoms with Crippen LogP contribution in [0.4, 0.5) is 0 Å². The molecule has 1 aliphatic heterocycles. The van der Waals surface area contributed by atoms with E-state index >= 15 is 0 Å². The lowest BCUT2D eigenvalue weighted by Gasteiger charge is -2.25. The number of carbonyl (C=O) groups is 3. The predicted octanol–water partition coefficient (Wildman–Crippen LogP) is 3.19. The van der Waals surface area contributed by atoms with E-state index in [1.165, 1.54) is 13.2 Å². The molecule has 0 fully saturated rings. The lowest BCUT2D eigenvalue weighted by molar-refractivity contribution is -0.117. The van der Waals surface area contributed by atoms with Gasteiger partial charge in [-0.05, 0) is 19.1 Å². The fourth-order valence-electron chi connectivity index (χ4n) is 3.48. The predicted molar refractivity (Wildman–Crippen MR) is 94.4 cm³/mol. The molecule has 0 spiro atoms. The summed E-state index contributed by atoms with van der Waals surface area (Å²) in [6, 6.07) is 9.98. The van der Waals surface area contributed by atoms with Gasteiger partial charge in [-0.3, -0.25) is 14.4 Å². The van der Waals surface area contributed by atoms with E-state index in [1.54, 1.807) is 43.3 Å². The summed E-state index contributed by atoms with van der Waals surface area (Å²) in [5.41, 5.74) is 1.74. The van der Waals surface area contributed by atoms with Crippen molar-refractivity contribution in [3.63, 3.8) is 0 Å². The number of rotatable bonds is 2. The van der Waals surface area contributed by atoms with Gasteiger partial charge >= 0.3 is 0 Å². The molecule has 0 N–H and O–H groups in total. The van der Waals surface area contributed by atoms with Crippen LogP contribution in [0.1, 0.15) is 50.8 Å². The fourth-order valence-corrected chi connectivity index (χ4v) is 3.48. The Morgan fingerprint density at radius 2 is 1.58 bits per heavy atom. The summed E-state index contributed by atoms with van der Waals surface area (Å²) in [4.78, 5) is 37.8. The second-order valence-electron chi connectivity index (χ2n) is 6.38. The third kappa shape index (κ3) is 2.36. The molecule has 0 radical (unpaired) electrons. The fraction of sp³-hybridized carbons (Fsp3) is 0.190. The Morgan fingerprint density at radius 3 is 2.23 bits per heavy atom. The van der Waals surface area contributed by atoms with Crippen LogP contribution in [0.3, 0.4) is 0 Å². The van der Waals surface area contributed by atoms with E-state index < -0.39 is 0 Å². The van der Waals surface area contributed by atoms with E-state index in [1.807, 2.05) is 0 Å². The summed E-state index contributed by atoms with van der Waals surface area (Å²) in [7, 11) is 1.44. The Labute approximate surface area is 150 Å². The molecule has 0 amide bonds. The van der Waals surface area contributed by atoms with Gasteiger partial charge in [-0.2, -0.15) is 0 Å². The molecule has 2 aliphatic rings. The smallest absolute Gasteiger partial charge is 0.198 e. The average Bonchev–Trinajstić information content (AvgIpc) is 2.64. The topological polar surface area (TPSA) is 69.7 Å². The van der Waals surface area contributed by atoms with E-state index in [2.05, 4.69) is 0 Å². The number of ketones is 3. The van der Waals surface area contributed by atoms with E-state index in [0.29, 0.717) is 34.4 Å². The van der Waals surface area contributed by atoms with Crippen molar-refractivity contribution in [3.05, 3.63) is 70.3 Å². The highest BCUT2D eigenvalue weighted by Gasteiger charge is 2.34. The summed E-state index contributed by atoms with van der Waals surface area (Å²) >= 11 is 0. The minimum Gasteiger partial charge on any atom is -0.495 e. The van der Waals surface area contributed by atoms with Gasteiger partial charge in [0, 0.05) is 29.2 Å². The minimum absolute atomic E-state index is 0.0497. The normalized spacial score (nSPS) is 18.6. The molecule has 0 aromatic heterocycles. The Morgan fingerprint density at radius 1 is 0.923 bits per heavy atom. The van der Waals surface area contributed by atoms with Gasteiger partial charge < -0.3 is 9.47 Å². The molecule has 1 atom stereocenters. The summed E-state index contributed by atoms with van der Waals surface area (Å²) in [6.45, 7) is 1.81. The number of fused-ring (bicyclic) bond motifs is 2. The van der Waals surface area contributed by atoms with Crippen LogP contribution in [0.15, 0.2) is 42.5 Å². The van der Waals surface area contributed by atoms with Crippen molar-refractivity contribution in [1.29, 1.82) is 0 Å². The first kappa shape index (κ1) is 16.3. The first-order valence-electron chi connectivity index (χ1n) is 8.32. The molecule has 0 saturated carbocycles. The number of allylic oxidation sites excluding steroid dienone is 1. The molecule has 26 heavy (non-hydrogen) atoms. The van der Waals surface area contributed by atoms with Crippen LogP contribution in [-0.4, -0.2) is 30.6 Å². The van der Waals surface area contributed by atoms with Crippen molar-refractivity contribution in [2.24, 2.45) is 0 Å². The second kappa shape index (κ2) is 5.95. The van der Waals surface area contributed by atoms with Crippen molar-refractivity contribution in [1.82, 2.24) is 0 Å². The number of methoxy groups -OCH3 is 1. The van der Waals surface area contributed by atoms with E-state index in [0.717, 1.165) is 0 Å². The van der Waals surface area contributed by atoms with Crippen molar-refractivity contribution < 1.29 is 23.9 Å².